The number of sulfonamides is 1. The standard InChI is InChI=1S/C20H22N4O4S2/c1-14-22-19(28-23-14)15-7-9-24(10-8-15)20(25)16-4-2-6-18(12-16)30(26,27)21-13-17-5-3-11-29-17/h2-6,11-12,15,21H,7-10,13H2,1H3. The van der Waals surface area contributed by atoms with Crippen LogP contribution in [0.3, 0.4) is 0 Å². The van der Waals surface area contributed by atoms with Crippen molar-refractivity contribution in [2.45, 2.75) is 37.1 Å². The van der Waals surface area contributed by atoms with Crippen LogP contribution in [0.15, 0.2) is 51.2 Å². The molecule has 1 aromatic carbocycles. The Morgan fingerprint density at radius 1 is 1.27 bits per heavy atom. The number of aryl methyl sites for hydroxylation is 1. The van der Waals surface area contributed by atoms with Gasteiger partial charge in [-0.15, -0.1) is 11.3 Å². The molecule has 30 heavy (non-hydrogen) atoms. The Kier molecular flexibility index (Phi) is 5.98. The molecule has 1 fully saturated rings. The molecule has 0 aliphatic carbocycles. The molecule has 1 saturated heterocycles. The first-order chi connectivity index (χ1) is 14.4. The van der Waals surface area contributed by atoms with E-state index >= 15 is 0 Å². The van der Waals surface area contributed by atoms with E-state index in [0.717, 1.165) is 17.7 Å². The van der Waals surface area contributed by atoms with Gasteiger partial charge in [0, 0.05) is 36.0 Å². The number of amides is 1. The van der Waals surface area contributed by atoms with Crippen molar-refractivity contribution >= 4 is 27.3 Å². The molecule has 0 unspecified atom stereocenters. The molecule has 1 aliphatic rings. The van der Waals surface area contributed by atoms with E-state index in [1.807, 2.05) is 17.5 Å². The van der Waals surface area contributed by atoms with Gasteiger partial charge >= 0.3 is 0 Å². The lowest BCUT2D eigenvalue weighted by atomic mass is 9.96. The molecule has 1 N–H and O–H groups in total. The summed E-state index contributed by atoms with van der Waals surface area (Å²) in [7, 11) is -3.71. The smallest absolute Gasteiger partial charge is 0.253 e. The molecular weight excluding hydrogens is 424 g/mol. The van der Waals surface area contributed by atoms with Crippen LogP contribution in [0.2, 0.25) is 0 Å². The van der Waals surface area contributed by atoms with Crippen molar-refractivity contribution in [1.82, 2.24) is 19.8 Å². The Morgan fingerprint density at radius 3 is 2.73 bits per heavy atom. The fraction of sp³-hybridized carbons (Fsp3) is 0.350. The van der Waals surface area contributed by atoms with Crippen molar-refractivity contribution in [2.24, 2.45) is 0 Å². The minimum Gasteiger partial charge on any atom is -0.339 e. The molecule has 0 atom stereocenters. The van der Waals surface area contributed by atoms with E-state index in [2.05, 4.69) is 14.9 Å². The highest BCUT2D eigenvalue weighted by molar-refractivity contribution is 7.89. The average molecular weight is 447 g/mol. The van der Waals surface area contributed by atoms with E-state index in [0.29, 0.717) is 30.4 Å². The number of hydrogen-bond acceptors (Lipinski definition) is 7. The van der Waals surface area contributed by atoms with E-state index in [1.54, 1.807) is 24.0 Å². The third kappa shape index (κ3) is 4.61. The lowest BCUT2D eigenvalue weighted by Crippen LogP contribution is -2.38. The average Bonchev–Trinajstić information content (AvgIpc) is 3.44. The molecule has 0 bridgehead atoms. The van der Waals surface area contributed by atoms with Crippen molar-refractivity contribution in [1.29, 1.82) is 0 Å². The van der Waals surface area contributed by atoms with Crippen molar-refractivity contribution in [3.05, 3.63) is 63.9 Å². The van der Waals surface area contributed by atoms with Crippen molar-refractivity contribution in [3.8, 4) is 0 Å². The van der Waals surface area contributed by atoms with Crippen molar-refractivity contribution < 1.29 is 17.7 Å². The van der Waals surface area contributed by atoms with Crippen molar-refractivity contribution in [3.63, 3.8) is 0 Å². The second-order valence-electron chi connectivity index (χ2n) is 7.18. The lowest BCUT2D eigenvalue weighted by Gasteiger charge is -2.30. The van der Waals surface area contributed by atoms with Gasteiger partial charge in [-0.3, -0.25) is 4.79 Å². The summed E-state index contributed by atoms with van der Waals surface area (Å²) in [6.07, 6.45) is 1.46. The fourth-order valence-corrected chi connectivity index (χ4v) is 5.24. The zero-order valence-corrected chi connectivity index (χ0v) is 18.1. The Labute approximate surface area is 179 Å². The van der Waals surface area contributed by atoms with Crippen LogP contribution in [0.5, 0.6) is 0 Å². The summed E-state index contributed by atoms with van der Waals surface area (Å²) < 4.78 is 33.1. The number of carbonyl (C=O) groups excluding carboxylic acids is 1. The zero-order valence-electron chi connectivity index (χ0n) is 16.4. The lowest BCUT2D eigenvalue weighted by molar-refractivity contribution is 0.0704. The van der Waals surface area contributed by atoms with Crippen LogP contribution in [0.25, 0.3) is 0 Å². The summed E-state index contributed by atoms with van der Waals surface area (Å²) in [6, 6.07) is 9.92. The van der Waals surface area contributed by atoms with Gasteiger partial charge in [-0.05, 0) is 49.4 Å². The van der Waals surface area contributed by atoms with Gasteiger partial charge in [0.2, 0.25) is 15.9 Å². The summed E-state index contributed by atoms with van der Waals surface area (Å²) in [5, 5.41) is 5.72. The van der Waals surface area contributed by atoms with Crippen LogP contribution < -0.4 is 4.72 Å². The molecule has 0 saturated carbocycles. The molecule has 158 valence electrons. The van der Waals surface area contributed by atoms with Gasteiger partial charge in [0.25, 0.3) is 5.91 Å². The first-order valence-corrected chi connectivity index (χ1v) is 12.0. The number of likely N-dealkylation sites (tertiary alicyclic amines) is 1. The van der Waals surface area contributed by atoms with Gasteiger partial charge in [-0.25, -0.2) is 13.1 Å². The van der Waals surface area contributed by atoms with Gasteiger partial charge in [-0.1, -0.05) is 17.3 Å². The minimum absolute atomic E-state index is 0.0844. The van der Waals surface area contributed by atoms with E-state index in [4.69, 9.17) is 4.52 Å². The maximum Gasteiger partial charge on any atom is 0.253 e. The Bertz CT molecular complexity index is 1120. The van der Waals surface area contributed by atoms with Crippen LogP contribution in [0.1, 0.15) is 45.7 Å². The SMILES string of the molecule is Cc1noc(C2CCN(C(=O)c3cccc(S(=O)(=O)NCc4cccs4)c3)CC2)n1. The minimum atomic E-state index is -3.71. The predicted molar refractivity (Wildman–Crippen MR) is 112 cm³/mol. The monoisotopic (exact) mass is 446 g/mol. The van der Waals surface area contributed by atoms with Crippen LogP contribution >= 0.6 is 11.3 Å². The maximum absolute atomic E-state index is 12.9. The number of benzene rings is 1. The Hall–Kier alpha value is -2.56. The predicted octanol–water partition coefficient (Wildman–Crippen LogP) is 2.94. The molecule has 3 heterocycles. The van der Waals surface area contributed by atoms with Crippen molar-refractivity contribution in [2.75, 3.05) is 13.1 Å². The van der Waals surface area contributed by atoms with E-state index < -0.39 is 10.0 Å². The van der Waals surface area contributed by atoms with Crippen LogP contribution in [0, 0.1) is 6.92 Å². The Morgan fingerprint density at radius 2 is 2.07 bits per heavy atom. The third-order valence-electron chi connectivity index (χ3n) is 5.08. The van der Waals surface area contributed by atoms with Gasteiger partial charge in [-0.2, -0.15) is 4.98 Å². The molecule has 3 aromatic rings. The van der Waals surface area contributed by atoms with Gasteiger partial charge in [0.1, 0.15) is 0 Å². The largest absolute Gasteiger partial charge is 0.339 e. The highest BCUT2D eigenvalue weighted by Crippen LogP contribution is 2.27. The number of carbonyl (C=O) groups is 1. The fourth-order valence-electron chi connectivity index (χ4n) is 3.45. The van der Waals surface area contributed by atoms with Gasteiger partial charge < -0.3 is 9.42 Å². The van der Waals surface area contributed by atoms with Gasteiger partial charge in [0.15, 0.2) is 5.82 Å². The molecule has 2 aromatic heterocycles. The highest BCUT2D eigenvalue weighted by atomic mass is 32.2. The summed E-state index contributed by atoms with van der Waals surface area (Å²) in [5.41, 5.74) is 0.362. The Balaban J connectivity index is 1.41. The second-order valence-corrected chi connectivity index (χ2v) is 9.98. The number of thiophene rings is 1. The number of nitrogens with zero attached hydrogens (tertiary/aromatic N) is 3. The number of nitrogens with one attached hydrogen (secondary N) is 1. The molecule has 4 rings (SSSR count). The molecule has 1 aliphatic heterocycles. The number of aromatic nitrogens is 2. The zero-order chi connectivity index (χ0) is 21.1. The normalized spacial score (nSPS) is 15.4. The summed E-state index contributed by atoms with van der Waals surface area (Å²) in [6.45, 7) is 3.11. The van der Waals surface area contributed by atoms with E-state index in [9.17, 15) is 13.2 Å². The third-order valence-corrected chi connectivity index (χ3v) is 7.36. The van der Waals surface area contributed by atoms with Crippen LogP contribution in [-0.2, 0) is 16.6 Å². The molecule has 0 radical (unpaired) electrons. The van der Waals surface area contributed by atoms with E-state index in [1.165, 1.54) is 23.5 Å². The molecule has 8 nitrogen and oxygen atoms in total. The van der Waals surface area contributed by atoms with Crippen LogP contribution in [0.4, 0.5) is 0 Å². The first kappa shape index (κ1) is 20.7. The number of hydrogen-bond donors (Lipinski definition) is 1. The first-order valence-electron chi connectivity index (χ1n) is 9.64. The van der Waals surface area contributed by atoms with Gasteiger partial charge in [0.05, 0.1) is 4.90 Å². The van der Waals surface area contributed by atoms with Crippen LogP contribution in [-0.4, -0.2) is 42.5 Å². The number of rotatable bonds is 6. The molecule has 0 spiro atoms. The number of piperidine rings is 1. The molecule has 10 heteroatoms. The summed E-state index contributed by atoms with van der Waals surface area (Å²) in [4.78, 5) is 20.0. The van der Waals surface area contributed by atoms with E-state index in [-0.39, 0.29) is 23.3 Å². The topological polar surface area (TPSA) is 105 Å². The highest BCUT2D eigenvalue weighted by Gasteiger charge is 2.28. The maximum atomic E-state index is 12.9. The molecular formula is C20H22N4O4S2. The summed E-state index contributed by atoms with van der Waals surface area (Å²) >= 11 is 1.48. The molecule has 1 amide bonds. The second kappa shape index (κ2) is 8.66. The summed E-state index contributed by atoms with van der Waals surface area (Å²) in [5.74, 6) is 1.19. The quantitative estimate of drug-likeness (QED) is 0.624.